The number of para-hydroxylation sites is 1. The highest BCUT2D eigenvalue weighted by atomic mass is 79.9. The van der Waals surface area contributed by atoms with Gasteiger partial charge in [0.15, 0.2) is 5.78 Å². The lowest BCUT2D eigenvalue weighted by molar-refractivity contribution is -0.143. The molecule has 2 aromatic carbocycles. The molecule has 0 aromatic heterocycles. The maximum atomic E-state index is 13.2. The van der Waals surface area contributed by atoms with Crippen LogP contribution in [-0.4, -0.2) is 11.7 Å². The van der Waals surface area contributed by atoms with Crippen LogP contribution in [0.4, 0.5) is 5.69 Å². The molecule has 5 heteroatoms. The van der Waals surface area contributed by atoms with E-state index < -0.39 is 5.60 Å². The lowest BCUT2D eigenvalue weighted by atomic mass is 9.88. The molecule has 1 amide bonds. The van der Waals surface area contributed by atoms with Crippen molar-refractivity contribution >= 4 is 33.3 Å². The molecule has 120 valence electrons. The first-order valence-electron chi connectivity index (χ1n) is 7.64. The summed E-state index contributed by atoms with van der Waals surface area (Å²) in [5.41, 5.74) is 1.27. The molecule has 2 aliphatic rings. The van der Waals surface area contributed by atoms with E-state index in [0.717, 1.165) is 21.3 Å². The van der Waals surface area contributed by atoms with Crippen molar-refractivity contribution in [1.29, 1.82) is 0 Å². The van der Waals surface area contributed by atoms with E-state index in [9.17, 15) is 9.59 Å². The molecule has 0 saturated heterocycles. The number of hydrogen-bond donors (Lipinski definition) is 0. The second kappa shape index (κ2) is 5.60. The van der Waals surface area contributed by atoms with Gasteiger partial charge in [0.1, 0.15) is 0 Å². The molecule has 0 N–H and O–H groups in total. The monoisotopic (exact) mass is 383 g/mol. The number of ketones is 1. The van der Waals surface area contributed by atoms with Crippen molar-refractivity contribution in [2.45, 2.75) is 18.6 Å². The van der Waals surface area contributed by atoms with Crippen LogP contribution in [0.5, 0.6) is 0 Å². The molecule has 0 aliphatic carbocycles. The highest BCUT2D eigenvalue weighted by Gasteiger charge is 2.55. The Hall–Kier alpha value is -2.40. The fraction of sp³-hybridized carbons (Fsp3) is 0.158. The number of ether oxygens (including phenoxy) is 1. The average Bonchev–Trinajstić information content (AvgIpc) is 2.80. The van der Waals surface area contributed by atoms with Crippen molar-refractivity contribution in [2.75, 3.05) is 4.90 Å². The van der Waals surface area contributed by atoms with Gasteiger partial charge in [0.25, 0.3) is 5.91 Å². The molecule has 0 fully saturated rings. The summed E-state index contributed by atoms with van der Waals surface area (Å²) in [6.07, 6.45) is 2.73. The number of benzene rings is 2. The molecule has 1 spiro atoms. The summed E-state index contributed by atoms with van der Waals surface area (Å²) in [5.74, 6) is -0.312. The van der Waals surface area contributed by atoms with Crippen LogP contribution >= 0.6 is 15.9 Å². The number of amides is 1. The van der Waals surface area contributed by atoms with Crippen LogP contribution in [0.2, 0.25) is 0 Å². The molecular weight excluding hydrogens is 370 g/mol. The van der Waals surface area contributed by atoms with Gasteiger partial charge in [-0.05, 0) is 27.6 Å². The van der Waals surface area contributed by atoms with E-state index in [1.54, 1.807) is 4.90 Å². The molecule has 0 saturated carbocycles. The van der Waals surface area contributed by atoms with Gasteiger partial charge in [-0.1, -0.05) is 42.5 Å². The van der Waals surface area contributed by atoms with E-state index in [1.165, 1.54) is 12.3 Å². The third-order valence-corrected chi connectivity index (χ3v) is 5.05. The zero-order chi connectivity index (χ0) is 16.7. The molecule has 2 aromatic rings. The van der Waals surface area contributed by atoms with Gasteiger partial charge in [-0.25, -0.2) is 0 Å². The zero-order valence-corrected chi connectivity index (χ0v) is 14.3. The highest BCUT2D eigenvalue weighted by Crippen LogP contribution is 2.49. The number of fused-ring (bicyclic) bond motifs is 2. The van der Waals surface area contributed by atoms with Crippen LogP contribution in [-0.2, 0) is 26.5 Å². The number of rotatable bonds is 2. The van der Waals surface area contributed by atoms with E-state index in [1.807, 2.05) is 48.5 Å². The molecular formula is C19H14BrNO3. The zero-order valence-electron chi connectivity index (χ0n) is 12.7. The lowest BCUT2D eigenvalue weighted by Crippen LogP contribution is -2.43. The first-order chi connectivity index (χ1) is 11.6. The SMILES string of the molecule is O=C1C=COC2(C1)C(=O)N(Cc1ccccc1)c1c(Br)cccc12. The van der Waals surface area contributed by atoms with Gasteiger partial charge < -0.3 is 9.64 Å². The minimum atomic E-state index is -1.25. The lowest BCUT2D eigenvalue weighted by Gasteiger charge is -2.29. The van der Waals surface area contributed by atoms with Crippen LogP contribution in [0.1, 0.15) is 17.5 Å². The molecule has 2 aliphatic heterocycles. The summed E-state index contributed by atoms with van der Waals surface area (Å²) in [4.78, 5) is 26.9. The van der Waals surface area contributed by atoms with E-state index in [4.69, 9.17) is 4.74 Å². The van der Waals surface area contributed by atoms with Crippen molar-refractivity contribution in [1.82, 2.24) is 0 Å². The predicted octanol–water partition coefficient (Wildman–Crippen LogP) is 3.69. The largest absolute Gasteiger partial charge is 0.480 e. The van der Waals surface area contributed by atoms with Gasteiger partial charge in [-0.3, -0.25) is 9.59 Å². The second-order valence-electron chi connectivity index (χ2n) is 5.90. The van der Waals surface area contributed by atoms with Crippen LogP contribution in [0.3, 0.4) is 0 Å². The van der Waals surface area contributed by atoms with Gasteiger partial charge in [-0.2, -0.15) is 0 Å². The average molecular weight is 384 g/mol. The number of carbonyl (C=O) groups is 2. The summed E-state index contributed by atoms with van der Waals surface area (Å²) >= 11 is 3.54. The van der Waals surface area contributed by atoms with Crippen molar-refractivity contribution in [3.63, 3.8) is 0 Å². The highest BCUT2D eigenvalue weighted by molar-refractivity contribution is 9.10. The third kappa shape index (κ3) is 2.19. The Morgan fingerprint density at radius 3 is 2.62 bits per heavy atom. The molecule has 2 heterocycles. The summed E-state index contributed by atoms with van der Waals surface area (Å²) in [7, 11) is 0. The van der Waals surface area contributed by atoms with E-state index in [0.29, 0.717) is 6.54 Å². The minimum Gasteiger partial charge on any atom is -0.480 e. The smallest absolute Gasteiger partial charge is 0.276 e. The van der Waals surface area contributed by atoms with E-state index in [2.05, 4.69) is 15.9 Å². The van der Waals surface area contributed by atoms with E-state index >= 15 is 0 Å². The van der Waals surface area contributed by atoms with Gasteiger partial charge in [0, 0.05) is 16.1 Å². The predicted molar refractivity (Wildman–Crippen MR) is 93.3 cm³/mol. The molecule has 4 rings (SSSR count). The number of hydrogen-bond acceptors (Lipinski definition) is 3. The van der Waals surface area contributed by atoms with Crippen LogP contribution in [0, 0.1) is 0 Å². The topological polar surface area (TPSA) is 46.6 Å². The number of anilines is 1. The maximum Gasteiger partial charge on any atom is 0.276 e. The summed E-state index contributed by atoms with van der Waals surface area (Å²) < 4.78 is 6.56. The summed E-state index contributed by atoms with van der Waals surface area (Å²) in [5, 5.41) is 0. The maximum absolute atomic E-state index is 13.2. The Morgan fingerprint density at radius 1 is 1.08 bits per heavy atom. The van der Waals surface area contributed by atoms with E-state index in [-0.39, 0.29) is 18.1 Å². The molecule has 0 bridgehead atoms. The Labute approximate surface area is 147 Å². The molecule has 1 unspecified atom stereocenters. The Morgan fingerprint density at radius 2 is 1.88 bits per heavy atom. The normalized spacial score (nSPS) is 22.0. The molecule has 1 atom stereocenters. The number of carbonyl (C=O) groups excluding carboxylic acids is 2. The van der Waals surface area contributed by atoms with Gasteiger partial charge in [0.05, 0.1) is 24.9 Å². The second-order valence-corrected chi connectivity index (χ2v) is 6.76. The first kappa shape index (κ1) is 15.1. The standard InChI is InChI=1S/C19H14BrNO3/c20-16-8-4-7-15-17(16)21(12-13-5-2-1-3-6-13)18(23)19(15)11-14(22)9-10-24-19/h1-10H,11-12H2. The fourth-order valence-corrected chi connectivity index (χ4v) is 3.90. The van der Waals surface area contributed by atoms with Crippen molar-refractivity contribution < 1.29 is 14.3 Å². The van der Waals surface area contributed by atoms with Gasteiger partial charge >= 0.3 is 0 Å². The quantitative estimate of drug-likeness (QED) is 0.794. The fourth-order valence-electron chi connectivity index (χ4n) is 3.32. The Kier molecular flexibility index (Phi) is 3.53. The molecule has 24 heavy (non-hydrogen) atoms. The van der Waals surface area contributed by atoms with Crippen molar-refractivity contribution in [3.05, 3.63) is 76.5 Å². The number of halogens is 1. The first-order valence-corrected chi connectivity index (χ1v) is 8.43. The summed E-state index contributed by atoms with van der Waals surface area (Å²) in [6.45, 7) is 0.429. The number of allylic oxidation sites excluding steroid dienone is 1. The summed E-state index contributed by atoms with van der Waals surface area (Å²) in [6, 6.07) is 15.4. The van der Waals surface area contributed by atoms with Crippen molar-refractivity contribution in [2.24, 2.45) is 0 Å². The third-order valence-electron chi connectivity index (χ3n) is 4.41. The van der Waals surface area contributed by atoms with Crippen LogP contribution in [0.25, 0.3) is 0 Å². The van der Waals surface area contributed by atoms with Gasteiger partial charge in [0.2, 0.25) is 5.60 Å². The minimum absolute atomic E-state index is 0.0249. The Bertz CT molecular complexity index is 862. The van der Waals surface area contributed by atoms with Gasteiger partial charge in [-0.15, -0.1) is 0 Å². The number of nitrogens with zero attached hydrogens (tertiary/aromatic N) is 1. The van der Waals surface area contributed by atoms with Crippen molar-refractivity contribution in [3.8, 4) is 0 Å². The molecule has 4 nitrogen and oxygen atoms in total. The van der Waals surface area contributed by atoms with Crippen LogP contribution in [0.15, 0.2) is 65.3 Å². The molecule has 0 radical (unpaired) electrons. The van der Waals surface area contributed by atoms with Crippen LogP contribution < -0.4 is 4.90 Å². The Balaban J connectivity index is 1.84.